The lowest BCUT2D eigenvalue weighted by atomic mass is 9.41. The van der Waals surface area contributed by atoms with Crippen LogP contribution in [0.2, 0.25) is 0 Å². The predicted molar refractivity (Wildman–Crippen MR) is 128 cm³/mol. The number of rotatable bonds is 8. The summed E-state index contributed by atoms with van der Waals surface area (Å²) in [6.45, 7) is 4.57. The summed E-state index contributed by atoms with van der Waals surface area (Å²) in [5, 5.41) is 0. The highest BCUT2D eigenvalue weighted by Crippen LogP contribution is 2.66. The molecular formula is C29H49FO. The van der Waals surface area contributed by atoms with Crippen LogP contribution in [0, 0.1) is 34.5 Å². The van der Waals surface area contributed by atoms with Gasteiger partial charge in [0.15, 0.2) is 5.78 Å². The number of hydrogen-bond acceptors (Lipinski definition) is 1. The summed E-state index contributed by atoms with van der Waals surface area (Å²) in [4.78, 5) is 13.5. The van der Waals surface area contributed by atoms with Crippen LogP contribution >= 0.6 is 0 Å². The zero-order valence-electron chi connectivity index (χ0n) is 20.6. The first-order valence-electron chi connectivity index (χ1n) is 14.2. The van der Waals surface area contributed by atoms with E-state index in [9.17, 15) is 4.79 Å². The molecular weight excluding hydrogens is 383 g/mol. The molecule has 31 heavy (non-hydrogen) atoms. The molecule has 0 unspecified atom stereocenters. The van der Waals surface area contributed by atoms with Crippen LogP contribution in [0.15, 0.2) is 0 Å². The number of hydrogen-bond donors (Lipinski definition) is 0. The van der Waals surface area contributed by atoms with Crippen molar-refractivity contribution in [3.8, 4) is 0 Å². The highest BCUT2D eigenvalue weighted by molar-refractivity contribution is 5.98. The molecule has 0 saturated heterocycles. The van der Waals surface area contributed by atoms with Crippen LogP contribution < -0.4 is 0 Å². The van der Waals surface area contributed by atoms with E-state index in [2.05, 4.69) is 13.8 Å². The molecule has 4 aliphatic rings. The van der Waals surface area contributed by atoms with Crippen LogP contribution in [0.25, 0.3) is 0 Å². The fourth-order valence-corrected chi connectivity index (χ4v) is 8.46. The molecule has 0 radical (unpaired) electrons. The lowest BCUT2D eigenvalue weighted by Gasteiger charge is -2.61. The van der Waals surface area contributed by atoms with E-state index >= 15 is 4.39 Å². The third-order valence-corrected chi connectivity index (χ3v) is 10.5. The number of halogens is 1. The van der Waals surface area contributed by atoms with Gasteiger partial charge in [0.2, 0.25) is 0 Å². The summed E-state index contributed by atoms with van der Waals surface area (Å²) >= 11 is 0. The van der Waals surface area contributed by atoms with E-state index in [4.69, 9.17) is 0 Å². The number of carbonyl (C=O) groups is 1. The quantitative estimate of drug-likeness (QED) is 0.350. The monoisotopic (exact) mass is 432 g/mol. The molecule has 0 amide bonds. The zero-order valence-corrected chi connectivity index (χ0v) is 20.6. The van der Waals surface area contributed by atoms with Crippen LogP contribution in [0.4, 0.5) is 4.39 Å². The Bertz CT molecular complexity index is 574. The maximum Gasteiger partial charge on any atom is 0.151 e. The van der Waals surface area contributed by atoms with Gasteiger partial charge in [-0.25, -0.2) is 4.39 Å². The van der Waals surface area contributed by atoms with E-state index in [1.807, 2.05) is 0 Å². The fraction of sp³-hybridized carbons (Fsp3) is 0.966. The molecule has 4 saturated carbocycles. The molecule has 0 aliphatic heterocycles. The van der Waals surface area contributed by atoms with Gasteiger partial charge < -0.3 is 0 Å². The summed E-state index contributed by atoms with van der Waals surface area (Å²) in [5.74, 6) is 3.69. The molecule has 0 bridgehead atoms. The Morgan fingerprint density at radius 3 is 1.77 bits per heavy atom. The minimum absolute atomic E-state index is 0.363. The molecule has 0 aromatic carbocycles. The van der Waals surface area contributed by atoms with Crippen molar-refractivity contribution in [2.75, 3.05) is 0 Å². The lowest BCUT2D eigenvalue weighted by molar-refractivity contribution is -0.194. The van der Waals surface area contributed by atoms with Gasteiger partial charge in [0.25, 0.3) is 0 Å². The summed E-state index contributed by atoms with van der Waals surface area (Å²) < 4.78 is 15.8. The van der Waals surface area contributed by atoms with Gasteiger partial charge in [-0.15, -0.1) is 0 Å². The Hall–Kier alpha value is -0.400. The van der Waals surface area contributed by atoms with Crippen molar-refractivity contribution in [3.05, 3.63) is 0 Å². The van der Waals surface area contributed by atoms with Crippen molar-refractivity contribution in [3.63, 3.8) is 0 Å². The van der Waals surface area contributed by atoms with Gasteiger partial charge in [-0.05, 0) is 87.9 Å². The van der Waals surface area contributed by atoms with E-state index in [1.165, 1.54) is 70.6 Å². The first kappa shape index (κ1) is 23.7. The van der Waals surface area contributed by atoms with E-state index in [1.54, 1.807) is 0 Å². The standard InChI is InChI=1S/C29H49FO/c1-3-5-6-7-9-23-14-18-28(19-15-23)26(30)29(27(28)31)20-16-25(17-21-29)24-12-10-22(8-4-2)11-13-24/h22-26H,3-21H2,1-2H3/t22?,23?,24?,25?,26-,28-,29-/m1/s1. The van der Waals surface area contributed by atoms with Crippen molar-refractivity contribution < 1.29 is 9.18 Å². The minimum Gasteiger partial charge on any atom is -0.298 e. The number of ketones is 1. The van der Waals surface area contributed by atoms with Gasteiger partial charge in [0.05, 0.1) is 10.8 Å². The van der Waals surface area contributed by atoms with Gasteiger partial charge in [-0.2, -0.15) is 0 Å². The second kappa shape index (κ2) is 10.3. The van der Waals surface area contributed by atoms with Crippen molar-refractivity contribution in [1.29, 1.82) is 0 Å². The number of alkyl halides is 1. The Morgan fingerprint density at radius 1 is 0.677 bits per heavy atom. The third-order valence-electron chi connectivity index (χ3n) is 10.5. The van der Waals surface area contributed by atoms with Crippen molar-refractivity contribution in [1.82, 2.24) is 0 Å². The molecule has 178 valence electrons. The first-order chi connectivity index (χ1) is 15.1. The van der Waals surface area contributed by atoms with Gasteiger partial charge >= 0.3 is 0 Å². The second-order valence-electron chi connectivity index (χ2n) is 12.2. The van der Waals surface area contributed by atoms with Crippen LogP contribution in [-0.2, 0) is 4.79 Å². The normalized spacial score (nSPS) is 43.3. The van der Waals surface area contributed by atoms with E-state index in [-0.39, 0.29) is 0 Å². The molecule has 0 aromatic rings. The number of Topliss-reactive ketones (excluding diaryl/α,β-unsaturated/α-hetero) is 1. The maximum atomic E-state index is 15.8. The second-order valence-corrected chi connectivity index (χ2v) is 12.2. The molecule has 4 rings (SSSR count). The highest BCUT2D eigenvalue weighted by atomic mass is 19.1. The molecule has 4 aliphatic carbocycles. The Kier molecular flexibility index (Phi) is 7.85. The smallest absolute Gasteiger partial charge is 0.151 e. The molecule has 4 fully saturated rings. The van der Waals surface area contributed by atoms with Crippen molar-refractivity contribution in [2.24, 2.45) is 34.5 Å². The van der Waals surface area contributed by atoms with Crippen molar-refractivity contribution >= 4 is 5.78 Å². The topological polar surface area (TPSA) is 17.1 Å². The molecule has 0 N–H and O–H groups in total. The van der Waals surface area contributed by atoms with E-state index < -0.39 is 17.0 Å². The largest absolute Gasteiger partial charge is 0.298 e. The van der Waals surface area contributed by atoms with Crippen molar-refractivity contribution in [2.45, 2.75) is 142 Å². The first-order valence-corrected chi connectivity index (χ1v) is 14.2. The summed E-state index contributed by atoms with van der Waals surface area (Å²) in [6, 6.07) is 0. The summed E-state index contributed by atoms with van der Waals surface area (Å²) in [7, 11) is 0. The number of unbranched alkanes of at least 4 members (excludes halogenated alkanes) is 3. The van der Waals surface area contributed by atoms with Gasteiger partial charge in [0.1, 0.15) is 6.17 Å². The summed E-state index contributed by atoms with van der Waals surface area (Å²) in [6.07, 6.45) is 21.9. The average molecular weight is 433 g/mol. The van der Waals surface area contributed by atoms with Gasteiger partial charge in [0, 0.05) is 0 Å². The van der Waals surface area contributed by atoms with E-state index in [0.29, 0.717) is 5.78 Å². The highest BCUT2D eigenvalue weighted by Gasteiger charge is 2.71. The van der Waals surface area contributed by atoms with Crippen LogP contribution in [-0.4, -0.2) is 12.0 Å². The van der Waals surface area contributed by atoms with E-state index in [0.717, 1.165) is 75.0 Å². The van der Waals surface area contributed by atoms with Crippen LogP contribution in [0.1, 0.15) is 136 Å². The Labute approximate surface area is 191 Å². The molecule has 1 atom stereocenters. The third kappa shape index (κ3) is 4.52. The lowest BCUT2D eigenvalue weighted by Crippen LogP contribution is -2.69. The SMILES string of the molecule is CCCCCCC1CC[C@]2(CC1)C(=O)[C@@]1(CCC(C3CCC(CCC)CC3)CC1)[C@@H]2F. The molecule has 2 heteroatoms. The minimum atomic E-state index is -0.838. The molecule has 2 spiro atoms. The zero-order chi connectivity index (χ0) is 21.9. The van der Waals surface area contributed by atoms with Gasteiger partial charge in [-0.1, -0.05) is 71.6 Å². The molecule has 0 aromatic heterocycles. The maximum absolute atomic E-state index is 15.8. The van der Waals surface area contributed by atoms with Gasteiger partial charge in [-0.3, -0.25) is 4.79 Å². The van der Waals surface area contributed by atoms with Crippen LogP contribution in [0.5, 0.6) is 0 Å². The Morgan fingerprint density at radius 2 is 1.23 bits per heavy atom. The van der Waals surface area contributed by atoms with Crippen LogP contribution in [0.3, 0.4) is 0 Å². The fourth-order valence-electron chi connectivity index (χ4n) is 8.46. The summed E-state index contributed by atoms with van der Waals surface area (Å²) in [5.41, 5.74) is -1.13. The number of carbonyl (C=O) groups excluding carboxylic acids is 1. The predicted octanol–water partition coefficient (Wildman–Crippen LogP) is 8.84. The Balaban J connectivity index is 1.24. The molecule has 0 heterocycles. The molecule has 1 nitrogen and oxygen atoms in total. The average Bonchev–Trinajstić information content (AvgIpc) is 2.82.